The third kappa shape index (κ3) is 3.37. The zero-order valence-corrected chi connectivity index (χ0v) is 16.4. The predicted molar refractivity (Wildman–Crippen MR) is 118 cm³/mol. The molecule has 29 heavy (non-hydrogen) atoms. The fraction of sp³-hybridized carbons (Fsp3) is 0.0455. The summed E-state index contributed by atoms with van der Waals surface area (Å²) >= 11 is 1.33. The van der Waals surface area contributed by atoms with Crippen molar-refractivity contribution < 1.29 is 4.74 Å². The molecule has 142 valence electrons. The molecule has 0 amide bonds. The highest BCUT2D eigenvalue weighted by molar-refractivity contribution is 7.21. The van der Waals surface area contributed by atoms with Crippen LogP contribution in [0.3, 0.4) is 0 Å². The number of nitriles is 1. The highest BCUT2D eigenvalue weighted by Crippen LogP contribution is 2.41. The van der Waals surface area contributed by atoms with Gasteiger partial charge in [0.05, 0.1) is 23.4 Å². The second-order valence-corrected chi connectivity index (χ2v) is 7.27. The quantitative estimate of drug-likeness (QED) is 0.300. The first-order valence-corrected chi connectivity index (χ1v) is 9.59. The predicted octanol–water partition coefficient (Wildman–Crippen LogP) is 4.41. The maximum Gasteiger partial charge on any atom is 0.207 e. The highest BCUT2D eigenvalue weighted by atomic mass is 32.1. The summed E-state index contributed by atoms with van der Waals surface area (Å²) in [5, 5.41) is 9.65. The molecule has 0 radical (unpaired) electrons. The first-order chi connectivity index (χ1) is 14.1. The largest absolute Gasteiger partial charge is 0.497 e. The summed E-state index contributed by atoms with van der Waals surface area (Å²) in [5.41, 5.74) is 16.6. The molecule has 0 saturated carbocycles. The van der Waals surface area contributed by atoms with Crippen LogP contribution in [-0.2, 0) is 0 Å². The maximum absolute atomic E-state index is 8.86. The van der Waals surface area contributed by atoms with E-state index in [1.165, 1.54) is 11.3 Å². The minimum absolute atomic E-state index is 0.0925. The average molecular weight is 399 g/mol. The minimum atomic E-state index is 0.0925. The van der Waals surface area contributed by atoms with Gasteiger partial charge in [0.25, 0.3) is 0 Å². The van der Waals surface area contributed by atoms with Crippen molar-refractivity contribution in [2.75, 3.05) is 12.8 Å². The number of hydrogen-bond donors (Lipinski definition) is 2. The van der Waals surface area contributed by atoms with Gasteiger partial charge < -0.3 is 16.2 Å². The summed E-state index contributed by atoms with van der Waals surface area (Å²) in [5.74, 6) is 0.863. The van der Waals surface area contributed by atoms with Gasteiger partial charge in [-0.3, -0.25) is 0 Å². The van der Waals surface area contributed by atoms with Crippen LogP contribution in [0.1, 0.15) is 4.88 Å². The molecule has 4 rings (SSSR count). The number of nitrogen functional groups attached to an aromatic ring is 1. The van der Waals surface area contributed by atoms with Crippen LogP contribution in [-0.4, -0.2) is 17.9 Å². The number of pyridine rings is 1. The first-order valence-electron chi connectivity index (χ1n) is 8.78. The Hall–Kier alpha value is -3.89. The van der Waals surface area contributed by atoms with Gasteiger partial charge in [0.1, 0.15) is 10.6 Å². The summed E-state index contributed by atoms with van der Waals surface area (Å²) in [6.45, 7) is 0. The smallest absolute Gasteiger partial charge is 0.207 e. The molecule has 4 aromatic rings. The lowest BCUT2D eigenvalue weighted by atomic mass is 9.99. The van der Waals surface area contributed by atoms with E-state index in [1.807, 2.05) is 60.7 Å². The molecule has 0 saturated heterocycles. The van der Waals surface area contributed by atoms with Gasteiger partial charge in [-0.1, -0.05) is 42.5 Å². The molecule has 0 fully saturated rings. The molecule has 2 aromatic heterocycles. The summed E-state index contributed by atoms with van der Waals surface area (Å²) < 4.78 is 5.27. The topological polar surface area (TPSA) is 110 Å². The molecule has 0 aliphatic heterocycles. The zero-order chi connectivity index (χ0) is 20.4. The number of fused-ring (bicyclic) bond motifs is 1. The van der Waals surface area contributed by atoms with Crippen LogP contribution < -0.4 is 16.2 Å². The fourth-order valence-corrected chi connectivity index (χ4v) is 4.19. The van der Waals surface area contributed by atoms with E-state index >= 15 is 0 Å². The molecule has 0 aliphatic carbocycles. The van der Waals surface area contributed by atoms with E-state index in [1.54, 1.807) is 13.3 Å². The van der Waals surface area contributed by atoms with Crippen molar-refractivity contribution in [1.82, 2.24) is 4.98 Å². The zero-order valence-electron chi connectivity index (χ0n) is 15.6. The normalized spacial score (nSPS) is 11.4. The molecule has 0 bridgehead atoms. The monoisotopic (exact) mass is 399 g/mol. The molecular formula is C22H17N5OS. The molecule has 0 unspecified atom stereocenters. The van der Waals surface area contributed by atoms with Crippen molar-refractivity contribution in [3.8, 4) is 34.3 Å². The van der Waals surface area contributed by atoms with Gasteiger partial charge in [0.2, 0.25) is 6.19 Å². The Kier molecular flexibility index (Phi) is 4.85. The SMILES string of the molecule is COc1ccc(-c2cc(-c3ccccc3)nc3sc(C(N)=NC#N)c(N)c23)cc1. The van der Waals surface area contributed by atoms with E-state index in [0.29, 0.717) is 10.6 Å². The number of aliphatic imine (C=N–C) groups is 1. The van der Waals surface area contributed by atoms with Crippen LogP contribution in [0.2, 0.25) is 0 Å². The van der Waals surface area contributed by atoms with Gasteiger partial charge in [-0.05, 0) is 29.3 Å². The lowest BCUT2D eigenvalue weighted by molar-refractivity contribution is 0.415. The number of nitrogens with zero attached hydrogens (tertiary/aromatic N) is 3. The van der Waals surface area contributed by atoms with Crippen LogP contribution in [0.4, 0.5) is 5.69 Å². The van der Waals surface area contributed by atoms with E-state index in [0.717, 1.165) is 38.4 Å². The van der Waals surface area contributed by atoms with Gasteiger partial charge in [-0.2, -0.15) is 10.3 Å². The second-order valence-electron chi connectivity index (χ2n) is 6.27. The van der Waals surface area contributed by atoms with Crippen molar-refractivity contribution in [3.05, 3.63) is 65.5 Å². The van der Waals surface area contributed by atoms with Gasteiger partial charge >= 0.3 is 0 Å². The number of hydrogen-bond acceptors (Lipinski definition) is 6. The Morgan fingerprint density at radius 3 is 2.48 bits per heavy atom. The van der Waals surface area contributed by atoms with Crippen LogP contribution in [0, 0.1) is 11.5 Å². The lowest BCUT2D eigenvalue weighted by Crippen LogP contribution is -2.12. The average Bonchev–Trinajstić information content (AvgIpc) is 3.10. The summed E-state index contributed by atoms with van der Waals surface area (Å²) in [6.07, 6.45) is 1.71. The Morgan fingerprint density at radius 1 is 1.10 bits per heavy atom. The first kappa shape index (κ1) is 18.5. The van der Waals surface area contributed by atoms with Gasteiger partial charge in [0.15, 0.2) is 5.84 Å². The molecule has 0 spiro atoms. The van der Waals surface area contributed by atoms with E-state index in [4.69, 9.17) is 26.5 Å². The van der Waals surface area contributed by atoms with E-state index in [-0.39, 0.29) is 5.84 Å². The molecule has 7 heteroatoms. The van der Waals surface area contributed by atoms with Crippen molar-refractivity contribution in [2.24, 2.45) is 10.7 Å². The number of thiophene rings is 1. The fourth-order valence-electron chi connectivity index (χ4n) is 3.17. The number of nitrogens with two attached hydrogens (primary N) is 2. The molecule has 0 atom stereocenters. The minimum Gasteiger partial charge on any atom is -0.497 e. The van der Waals surface area contributed by atoms with Gasteiger partial charge in [-0.25, -0.2) is 4.98 Å². The number of anilines is 1. The highest BCUT2D eigenvalue weighted by Gasteiger charge is 2.19. The molecular weight excluding hydrogens is 382 g/mol. The number of benzene rings is 2. The maximum atomic E-state index is 8.86. The summed E-state index contributed by atoms with van der Waals surface area (Å²) in [6, 6.07) is 19.7. The van der Waals surface area contributed by atoms with Gasteiger partial charge in [0, 0.05) is 10.9 Å². The third-order valence-corrected chi connectivity index (χ3v) is 5.69. The summed E-state index contributed by atoms with van der Waals surface area (Å²) in [4.78, 5) is 9.74. The molecule has 0 aliphatic rings. The van der Waals surface area contributed by atoms with Crippen molar-refractivity contribution in [3.63, 3.8) is 0 Å². The van der Waals surface area contributed by atoms with E-state index in [2.05, 4.69) is 4.99 Å². The Bertz CT molecular complexity index is 1250. The molecule has 2 heterocycles. The molecule has 4 N–H and O–H groups in total. The van der Waals surface area contributed by atoms with Gasteiger partial charge in [-0.15, -0.1) is 11.3 Å². The summed E-state index contributed by atoms with van der Waals surface area (Å²) in [7, 11) is 1.63. The van der Waals surface area contributed by atoms with Crippen molar-refractivity contribution >= 4 is 33.1 Å². The number of methoxy groups -OCH3 is 1. The Labute approximate surface area is 171 Å². The van der Waals surface area contributed by atoms with Crippen molar-refractivity contribution in [2.45, 2.75) is 0 Å². The van der Waals surface area contributed by atoms with Crippen LogP contribution >= 0.6 is 11.3 Å². The lowest BCUT2D eigenvalue weighted by Gasteiger charge is -2.09. The van der Waals surface area contributed by atoms with E-state index < -0.39 is 0 Å². The van der Waals surface area contributed by atoms with E-state index in [9.17, 15) is 0 Å². The molecule has 2 aromatic carbocycles. The van der Waals surface area contributed by atoms with Crippen molar-refractivity contribution in [1.29, 1.82) is 5.26 Å². The van der Waals surface area contributed by atoms with Crippen LogP contribution in [0.25, 0.3) is 32.6 Å². The Balaban J connectivity index is 2.02. The van der Waals surface area contributed by atoms with Crippen LogP contribution in [0.15, 0.2) is 65.7 Å². The number of aromatic nitrogens is 1. The number of ether oxygens (including phenoxy) is 1. The third-order valence-electron chi connectivity index (χ3n) is 4.57. The molecule has 6 nitrogen and oxygen atoms in total. The number of amidine groups is 1. The standard InChI is InChI=1S/C22H17N5OS/c1-28-15-9-7-13(8-10-15)16-11-17(14-5-3-2-4-6-14)27-22-18(16)19(24)20(29-22)21(25)26-12-23/h2-11H,24H2,1H3,(H2,25,26). The number of rotatable bonds is 4. The second kappa shape index (κ2) is 7.62. The Morgan fingerprint density at radius 2 is 1.83 bits per heavy atom. The van der Waals surface area contributed by atoms with Crippen LogP contribution in [0.5, 0.6) is 5.75 Å².